The van der Waals surface area contributed by atoms with E-state index in [0.29, 0.717) is 12.2 Å². The van der Waals surface area contributed by atoms with Crippen LogP contribution in [0.15, 0.2) is 30.3 Å². The Balaban J connectivity index is 2.47. The van der Waals surface area contributed by atoms with Crippen molar-refractivity contribution in [2.75, 3.05) is 0 Å². The van der Waals surface area contributed by atoms with Gasteiger partial charge in [0, 0.05) is 6.42 Å². The van der Waals surface area contributed by atoms with E-state index < -0.39 is 0 Å². The van der Waals surface area contributed by atoms with Crippen LogP contribution in [0.2, 0.25) is 0 Å². The molecule has 0 aliphatic rings. The average molecular weight is 383 g/mol. The molecule has 0 saturated carbocycles. The first-order valence-electron chi connectivity index (χ1n) is 10.3. The lowest BCUT2D eigenvalue weighted by molar-refractivity contribution is 0.284. The number of aryl methyl sites for hydroxylation is 1. The van der Waals surface area contributed by atoms with Gasteiger partial charge in [-0.25, -0.2) is 0 Å². The van der Waals surface area contributed by atoms with Crippen molar-refractivity contribution < 1.29 is 10.2 Å². The number of hydrogen-bond donors (Lipinski definition) is 2. The maximum atomic E-state index is 10.9. The zero-order valence-electron chi connectivity index (χ0n) is 19.2. The van der Waals surface area contributed by atoms with Crippen LogP contribution in [0.1, 0.15) is 89.6 Å². The summed E-state index contributed by atoms with van der Waals surface area (Å²) in [7, 11) is 0. The van der Waals surface area contributed by atoms with Crippen LogP contribution in [-0.4, -0.2) is 10.2 Å². The molecule has 0 spiro atoms. The Hall–Kier alpha value is -1.96. The summed E-state index contributed by atoms with van der Waals surface area (Å²) in [6.45, 7) is 19.7. The van der Waals surface area contributed by atoms with Crippen molar-refractivity contribution in [1.29, 1.82) is 0 Å². The van der Waals surface area contributed by atoms with Gasteiger partial charge in [-0.3, -0.25) is 0 Å². The first-order chi connectivity index (χ1) is 12.6. The van der Waals surface area contributed by atoms with E-state index in [0.717, 1.165) is 28.7 Å². The number of benzene rings is 2. The second-order valence-corrected chi connectivity index (χ2v) is 11.2. The zero-order chi connectivity index (χ0) is 21.5. The summed E-state index contributed by atoms with van der Waals surface area (Å²) < 4.78 is 0. The van der Waals surface area contributed by atoms with Crippen molar-refractivity contribution in [3.63, 3.8) is 0 Å². The Morgan fingerprint density at radius 1 is 0.786 bits per heavy atom. The van der Waals surface area contributed by atoms with Gasteiger partial charge in [0.05, 0.1) is 0 Å². The van der Waals surface area contributed by atoms with Gasteiger partial charge in [0.1, 0.15) is 11.5 Å². The van der Waals surface area contributed by atoms with Crippen LogP contribution in [0, 0.1) is 12.3 Å². The second-order valence-electron chi connectivity index (χ2n) is 11.2. The van der Waals surface area contributed by atoms with Crippen molar-refractivity contribution in [3.8, 4) is 11.5 Å². The number of hydrogen-bond acceptors (Lipinski definition) is 2. The maximum absolute atomic E-state index is 10.9. The summed E-state index contributed by atoms with van der Waals surface area (Å²) >= 11 is 0. The van der Waals surface area contributed by atoms with Gasteiger partial charge in [-0.2, -0.15) is 0 Å². The molecule has 2 aromatic carbocycles. The maximum Gasteiger partial charge on any atom is 0.122 e. The fourth-order valence-corrected chi connectivity index (χ4v) is 4.34. The Morgan fingerprint density at radius 3 is 1.93 bits per heavy atom. The molecule has 0 radical (unpaired) electrons. The molecule has 2 rings (SSSR count). The molecule has 2 N–H and O–H groups in total. The van der Waals surface area contributed by atoms with Crippen LogP contribution in [0.4, 0.5) is 0 Å². The van der Waals surface area contributed by atoms with Crippen LogP contribution in [0.3, 0.4) is 0 Å². The van der Waals surface area contributed by atoms with Gasteiger partial charge in [-0.15, -0.1) is 0 Å². The van der Waals surface area contributed by atoms with E-state index in [1.54, 1.807) is 6.07 Å². The van der Waals surface area contributed by atoms with Crippen molar-refractivity contribution in [2.24, 2.45) is 5.41 Å². The van der Waals surface area contributed by atoms with Gasteiger partial charge < -0.3 is 10.2 Å². The van der Waals surface area contributed by atoms with E-state index in [1.165, 1.54) is 5.56 Å². The van der Waals surface area contributed by atoms with Crippen LogP contribution in [0.25, 0.3) is 0 Å². The molecule has 2 aromatic rings. The highest BCUT2D eigenvalue weighted by Gasteiger charge is 2.28. The molecule has 0 aliphatic heterocycles. The Bertz CT molecular complexity index is 846. The van der Waals surface area contributed by atoms with Crippen molar-refractivity contribution in [3.05, 3.63) is 58.1 Å². The van der Waals surface area contributed by atoms with E-state index in [9.17, 15) is 10.2 Å². The molecule has 0 unspecified atom stereocenters. The molecule has 154 valence electrons. The Morgan fingerprint density at radius 2 is 1.39 bits per heavy atom. The van der Waals surface area contributed by atoms with E-state index in [1.807, 2.05) is 12.1 Å². The largest absolute Gasteiger partial charge is 0.508 e. The summed E-state index contributed by atoms with van der Waals surface area (Å²) in [5.74, 6) is 0.630. The van der Waals surface area contributed by atoms with Gasteiger partial charge in [0.25, 0.3) is 0 Å². The SMILES string of the molecule is Cc1cc(Cc2cc(C(C)(C)CC(C)(C)C)ccc2O)c(O)c(C(C)(C)C)c1. The van der Waals surface area contributed by atoms with Gasteiger partial charge in [-0.05, 0) is 57.9 Å². The molecular weight excluding hydrogens is 344 g/mol. The third-order valence-corrected chi connectivity index (χ3v) is 5.36. The molecule has 0 atom stereocenters. The van der Waals surface area contributed by atoms with Gasteiger partial charge >= 0.3 is 0 Å². The summed E-state index contributed by atoms with van der Waals surface area (Å²) in [6.07, 6.45) is 1.57. The third-order valence-electron chi connectivity index (χ3n) is 5.36. The molecule has 2 heteroatoms. The van der Waals surface area contributed by atoms with Gasteiger partial charge in [0.15, 0.2) is 0 Å². The normalized spacial score (nSPS) is 13.0. The minimum absolute atomic E-state index is 0.00587. The molecule has 0 heterocycles. The average Bonchev–Trinajstić information content (AvgIpc) is 2.49. The Kier molecular flexibility index (Phi) is 5.95. The fraction of sp³-hybridized carbons (Fsp3) is 0.538. The Labute approximate surface area is 171 Å². The molecule has 0 bridgehead atoms. The quantitative estimate of drug-likeness (QED) is 0.597. The molecule has 0 aliphatic carbocycles. The van der Waals surface area contributed by atoms with Gasteiger partial charge in [0.2, 0.25) is 0 Å². The lowest BCUT2D eigenvalue weighted by Gasteiger charge is -2.33. The van der Waals surface area contributed by atoms with E-state index in [-0.39, 0.29) is 22.0 Å². The highest BCUT2D eigenvalue weighted by atomic mass is 16.3. The molecule has 28 heavy (non-hydrogen) atoms. The molecule has 0 fully saturated rings. The summed E-state index contributed by atoms with van der Waals surface area (Å²) in [6, 6.07) is 10.0. The minimum atomic E-state index is -0.135. The first kappa shape index (κ1) is 22.3. The molecule has 0 saturated heterocycles. The van der Waals surface area contributed by atoms with Crippen molar-refractivity contribution in [1.82, 2.24) is 0 Å². The zero-order valence-corrected chi connectivity index (χ0v) is 19.2. The van der Waals surface area contributed by atoms with E-state index in [2.05, 4.69) is 74.4 Å². The van der Waals surface area contributed by atoms with Crippen LogP contribution in [0.5, 0.6) is 11.5 Å². The highest BCUT2D eigenvalue weighted by molar-refractivity contribution is 5.50. The standard InChI is InChI=1S/C26H38O2/c1-17-12-19(23(28)21(13-17)25(5,6)7)14-18-15-20(10-11-22(18)27)26(8,9)16-24(2,3)4/h10-13,15,27-28H,14,16H2,1-9H3. The predicted molar refractivity (Wildman–Crippen MR) is 120 cm³/mol. The summed E-state index contributed by atoms with van der Waals surface area (Å²) in [4.78, 5) is 0. The van der Waals surface area contributed by atoms with Crippen LogP contribution in [-0.2, 0) is 17.3 Å². The highest BCUT2D eigenvalue weighted by Crippen LogP contribution is 2.39. The molecule has 0 aromatic heterocycles. The summed E-state index contributed by atoms with van der Waals surface area (Å²) in [5, 5.41) is 21.4. The fourth-order valence-electron chi connectivity index (χ4n) is 4.34. The van der Waals surface area contributed by atoms with E-state index >= 15 is 0 Å². The minimum Gasteiger partial charge on any atom is -0.508 e. The predicted octanol–water partition coefficient (Wildman–Crippen LogP) is 7.01. The van der Waals surface area contributed by atoms with Crippen molar-refractivity contribution >= 4 is 0 Å². The van der Waals surface area contributed by atoms with Crippen molar-refractivity contribution in [2.45, 2.75) is 86.0 Å². The van der Waals surface area contributed by atoms with Gasteiger partial charge in [-0.1, -0.05) is 85.2 Å². The van der Waals surface area contributed by atoms with Crippen LogP contribution < -0.4 is 0 Å². The number of rotatable bonds is 4. The molecule has 0 amide bonds. The molecular formula is C26H38O2. The lowest BCUT2D eigenvalue weighted by Crippen LogP contribution is -2.25. The topological polar surface area (TPSA) is 40.5 Å². The second kappa shape index (κ2) is 7.46. The monoisotopic (exact) mass is 382 g/mol. The van der Waals surface area contributed by atoms with Crippen LogP contribution >= 0.6 is 0 Å². The lowest BCUT2D eigenvalue weighted by atomic mass is 9.72. The summed E-state index contributed by atoms with van der Waals surface area (Å²) in [5.41, 5.74) is 5.12. The molecule has 2 nitrogen and oxygen atoms in total. The van der Waals surface area contributed by atoms with E-state index in [4.69, 9.17) is 0 Å². The number of aromatic hydroxyl groups is 2. The third kappa shape index (κ3) is 5.31. The number of phenolic OH excluding ortho intramolecular Hbond substituents is 2. The smallest absolute Gasteiger partial charge is 0.122 e. The first-order valence-corrected chi connectivity index (χ1v) is 10.3. The number of phenols is 2.